The summed E-state index contributed by atoms with van der Waals surface area (Å²) in [5, 5.41) is 0. The largest absolute Gasteiger partial charge is 0.383 e. The van der Waals surface area contributed by atoms with Crippen LogP contribution in [0.25, 0.3) is 0 Å². The van der Waals surface area contributed by atoms with Gasteiger partial charge in [0.15, 0.2) is 0 Å². The second kappa shape index (κ2) is 4.61. The number of aryl methyl sites for hydroxylation is 1. The Hall–Kier alpha value is -1.55. The van der Waals surface area contributed by atoms with E-state index in [9.17, 15) is 0 Å². The van der Waals surface area contributed by atoms with Gasteiger partial charge >= 0.3 is 0 Å². The maximum Gasteiger partial charge on any atom is 0.135 e. The third-order valence-electron chi connectivity index (χ3n) is 3.10. The number of benzene rings is 1. The summed E-state index contributed by atoms with van der Waals surface area (Å²) in [5.74, 6) is 3.40. The Labute approximate surface area is 111 Å². The average molecular weight is 257 g/mol. The molecule has 1 aromatic heterocycles. The number of hydrogen-bond acceptors (Lipinski definition) is 4. The topological polar surface area (TPSA) is 51.8 Å². The molecule has 0 fully saturated rings. The van der Waals surface area contributed by atoms with E-state index in [1.165, 1.54) is 11.1 Å². The monoisotopic (exact) mass is 257 g/mol. The Kier molecular flexibility index (Phi) is 2.96. The van der Waals surface area contributed by atoms with Crippen molar-refractivity contribution in [2.24, 2.45) is 0 Å². The standard InChI is InChI=1S/C14H15N3S/c1-9-3-2-4-10(5-9)6-13-16-12-8-18-7-11(12)14(15)17-13/h2-5H,6-8H2,1H3,(H2,15,16,17). The van der Waals surface area contributed by atoms with Crippen LogP contribution in [0.4, 0.5) is 5.82 Å². The molecule has 4 heteroatoms. The van der Waals surface area contributed by atoms with Crippen molar-refractivity contribution in [2.45, 2.75) is 24.9 Å². The maximum atomic E-state index is 5.99. The molecule has 18 heavy (non-hydrogen) atoms. The Morgan fingerprint density at radius 2 is 2.17 bits per heavy atom. The highest BCUT2D eigenvalue weighted by Crippen LogP contribution is 2.31. The van der Waals surface area contributed by atoms with Gasteiger partial charge in [0.2, 0.25) is 0 Å². The molecule has 1 aliphatic heterocycles. The molecule has 0 radical (unpaired) electrons. The normalized spacial score (nSPS) is 13.6. The molecule has 2 N–H and O–H groups in total. The van der Waals surface area contributed by atoms with Gasteiger partial charge in [-0.1, -0.05) is 29.8 Å². The zero-order valence-electron chi connectivity index (χ0n) is 10.3. The first kappa shape index (κ1) is 11.5. The van der Waals surface area contributed by atoms with E-state index in [1.807, 2.05) is 11.8 Å². The molecule has 0 saturated carbocycles. The van der Waals surface area contributed by atoms with E-state index in [2.05, 4.69) is 41.2 Å². The third kappa shape index (κ3) is 2.20. The highest BCUT2D eigenvalue weighted by Gasteiger charge is 2.18. The molecule has 0 unspecified atom stereocenters. The number of hydrogen-bond donors (Lipinski definition) is 1. The van der Waals surface area contributed by atoms with Crippen molar-refractivity contribution in [1.29, 1.82) is 0 Å². The lowest BCUT2D eigenvalue weighted by Crippen LogP contribution is -2.06. The molecule has 3 nitrogen and oxygen atoms in total. The fraction of sp³-hybridized carbons (Fsp3) is 0.286. The molecular weight excluding hydrogens is 242 g/mol. The van der Waals surface area contributed by atoms with E-state index in [-0.39, 0.29) is 0 Å². The van der Waals surface area contributed by atoms with E-state index in [0.29, 0.717) is 5.82 Å². The van der Waals surface area contributed by atoms with Crippen molar-refractivity contribution >= 4 is 17.6 Å². The maximum absolute atomic E-state index is 5.99. The van der Waals surface area contributed by atoms with Gasteiger partial charge in [0, 0.05) is 23.5 Å². The van der Waals surface area contributed by atoms with Crippen LogP contribution in [0.5, 0.6) is 0 Å². The number of rotatable bonds is 2. The van der Waals surface area contributed by atoms with E-state index in [0.717, 1.165) is 35.0 Å². The molecule has 0 atom stereocenters. The van der Waals surface area contributed by atoms with Crippen LogP contribution in [0.3, 0.4) is 0 Å². The highest BCUT2D eigenvalue weighted by molar-refractivity contribution is 7.98. The van der Waals surface area contributed by atoms with Gasteiger partial charge in [-0.3, -0.25) is 0 Å². The van der Waals surface area contributed by atoms with Crippen LogP contribution in [-0.2, 0) is 17.9 Å². The van der Waals surface area contributed by atoms with Gasteiger partial charge in [-0.25, -0.2) is 9.97 Å². The van der Waals surface area contributed by atoms with Gasteiger partial charge in [-0.2, -0.15) is 11.8 Å². The first-order chi connectivity index (χ1) is 8.72. The molecule has 0 amide bonds. The Bertz CT molecular complexity index is 596. The Morgan fingerprint density at radius 3 is 3.00 bits per heavy atom. The Morgan fingerprint density at radius 1 is 1.28 bits per heavy atom. The van der Waals surface area contributed by atoms with E-state index in [1.54, 1.807) is 0 Å². The van der Waals surface area contributed by atoms with Gasteiger partial charge in [0.25, 0.3) is 0 Å². The molecule has 0 aliphatic carbocycles. The van der Waals surface area contributed by atoms with Crippen molar-refractivity contribution in [3.8, 4) is 0 Å². The second-order valence-electron chi connectivity index (χ2n) is 4.61. The number of fused-ring (bicyclic) bond motifs is 1. The second-order valence-corrected chi connectivity index (χ2v) is 5.59. The fourth-order valence-corrected chi connectivity index (χ4v) is 3.27. The fourth-order valence-electron chi connectivity index (χ4n) is 2.21. The van der Waals surface area contributed by atoms with Crippen molar-refractivity contribution in [2.75, 3.05) is 5.73 Å². The number of nitrogen functional groups attached to an aromatic ring is 1. The predicted octanol–water partition coefficient (Wildman–Crippen LogP) is 2.70. The van der Waals surface area contributed by atoms with Gasteiger partial charge < -0.3 is 5.73 Å². The summed E-state index contributed by atoms with van der Waals surface area (Å²) in [4.78, 5) is 9.05. The van der Waals surface area contributed by atoms with Gasteiger partial charge in [0.05, 0.1) is 5.69 Å². The lowest BCUT2D eigenvalue weighted by molar-refractivity contribution is 0.934. The third-order valence-corrected chi connectivity index (χ3v) is 4.07. The SMILES string of the molecule is Cc1cccc(Cc2nc(N)c3c(n2)CSC3)c1. The molecule has 0 bridgehead atoms. The van der Waals surface area contributed by atoms with Crippen LogP contribution >= 0.6 is 11.8 Å². The summed E-state index contributed by atoms with van der Waals surface area (Å²) in [6.07, 6.45) is 0.754. The van der Waals surface area contributed by atoms with Crippen LogP contribution in [0.1, 0.15) is 28.2 Å². The highest BCUT2D eigenvalue weighted by atomic mass is 32.2. The molecule has 2 heterocycles. The minimum Gasteiger partial charge on any atom is -0.383 e. The summed E-state index contributed by atoms with van der Waals surface area (Å²) in [7, 11) is 0. The van der Waals surface area contributed by atoms with Crippen LogP contribution in [0, 0.1) is 6.92 Å². The molecule has 1 aliphatic rings. The van der Waals surface area contributed by atoms with Crippen LogP contribution < -0.4 is 5.73 Å². The van der Waals surface area contributed by atoms with Gasteiger partial charge in [0.1, 0.15) is 11.6 Å². The number of thioether (sulfide) groups is 1. The average Bonchev–Trinajstić information content (AvgIpc) is 2.77. The summed E-state index contributed by atoms with van der Waals surface area (Å²) in [6, 6.07) is 8.44. The molecule has 0 spiro atoms. The smallest absolute Gasteiger partial charge is 0.135 e. The summed E-state index contributed by atoms with van der Waals surface area (Å²) in [5.41, 5.74) is 10.7. The molecule has 0 saturated heterocycles. The van der Waals surface area contributed by atoms with Crippen molar-refractivity contribution in [1.82, 2.24) is 9.97 Å². The first-order valence-electron chi connectivity index (χ1n) is 6.00. The van der Waals surface area contributed by atoms with E-state index in [4.69, 9.17) is 5.73 Å². The number of nitrogens with two attached hydrogens (primary N) is 1. The first-order valence-corrected chi connectivity index (χ1v) is 7.15. The lowest BCUT2D eigenvalue weighted by Gasteiger charge is -2.06. The molecule has 92 valence electrons. The lowest BCUT2D eigenvalue weighted by atomic mass is 10.1. The van der Waals surface area contributed by atoms with Gasteiger partial charge in [-0.05, 0) is 12.5 Å². The van der Waals surface area contributed by atoms with Crippen molar-refractivity contribution < 1.29 is 0 Å². The Balaban J connectivity index is 1.92. The summed E-state index contributed by atoms with van der Waals surface area (Å²) >= 11 is 1.85. The number of nitrogens with zero attached hydrogens (tertiary/aromatic N) is 2. The molecular formula is C14H15N3S. The summed E-state index contributed by atoms with van der Waals surface area (Å²) < 4.78 is 0. The number of aromatic nitrogens is 2. The zero-order valence-corrected chi connectivity index (χ0v) is 11.1. The zero-order chi connectivity index (χ0) is 12.5. The summed E-state index contributed by atoms with van der Waals surface area (Å²) in [6.45, 7) is 2.10. The minimum atomic E-state index is 0.660. The molecule has 2 aromatic rings. The quantitative estimate of drug-likeness (QED) is 0.898. The predicted molar refractivity (Wildman–Crippen MR) is 75.4 cm³/mol. The van der Waals surface area contributed by atoms with Crippen molar-refractivity contribution in [3.05, 3.63) is 52.5 Å². The van der Waals surface area contributed by atoms with Crippen molar-refractivity contribution in [3.63, 3.8) is 0 Å². The van der Waals surface area contributed by atoms with E-state index < -0.39 is 0 Å². The molecule has 1 aromatic carbocycles. The molecule has 3 rings (SSSR count). The van der Waals surface area contributed by atoms with Crippen LogP contribution in [0.2, 0.25) is 0 Å². The van der Waals surface area contributed by atoms with E-state index >= 15 is 0 Å². The minimum absolute atomic E-state index is 0.660. The number of anilines is 1. The van der Waals surface area contributed by atoms with Crippen LogP contribution in [-0.4, -0.2) is 9.97 Å². The van der Waals surface area contributed by atoms with Gasteiger partial charge in [-0.15, -0.1) is 0 Å². The van der Waals surface area contributed by atoms with Crippen LogP contribution in [0.15, 0.2) is 24.3 Å².